The van der Waals surface area contributed by atoms with Crippen molar-refractivity contribution < 1.29 is 9.53 Å². The molecule has 19 heavy (non-hydrogen) atoms. The SMILES string of the molecule is Cn1c(Br)nnc1CNC(=O)OCc1ccccc1. The van der Waals surface area contributed by atoms with Crippen molar-refractivity contribution in [3.63, 3.8) is 0 Å². The van der Waals surface area contributed by atoms with Crippen LogP contribution in [0.25, 0.3) is 0 Å². The molecule has 0 atom stereocenters. The first-order chi connectivity index (χ1) is 9.16. The van der Waals surface area contributed by atoms with Crippen LogP contribution < -0.4 is 5.32 Å². The summed E-state index contributed by atoms with van der Waals surface area (Å²) in [5, 5.41) is 10.3. The van der Waals surface area contributed by atoms with Crippen LogP contribution in [0.1, 0.15) is 11.4 Å². The molecule has 0 aliphatic rings. The van der Waals surface area contributed by atoms with E-state index in [4.69, 9.17) is 4.74 Å². The number of carbonyl (C=O) groups is 1. The molecule has 0 unspecified atom stereocenters. The van der Waals surface area contributed by atoms with Gasteiger partial charge >= 0.3 is 6.09 Å². The lowest BCUT2D eigenvalue weighted by Gasteiger charge is -2.06. The largest absolute Gasteiger partial charge is 0.445 e. The Labute approximate surface area is 118 Å². The Hall–Kier alpha value is -1.89. The lowest BCUT2D eigenvalue weighted by atomic mass is 10.2. The van der Waals surface area contributed by atoms with E-state index in [2.05, 4.69) is 31.4 Å². The zero-order valence-corrected chi connectivity index (χ0v) is 11.9. The molecule has 100 valence electrons. The molecule has 1 aromatic carbocycles. The first-order valence-corrected chi connectivity index (χ1v) is 6.44. The molecule has 0 radical (unpaired) electrons. The van der Waals surface area contributed by atoms with Crippen LogP contribution in [0.2, 0.25) is 0 Å². The number of aromatic nitrogens is 3. The summed E-state index contributed by atoms with van der Waals surface area (Å²) in [7, 11) is 1.80. The van der Waals surface area contributed by atoms with Crippen molar-refractivity contribution in [2.75, 3.05) is 0 Å². The lowest BCUT2D eigenvalue weighted by Crippen LogP contribution is -2.25. The number of nitrogens with one attached hydrogen (secondary N) is 1. The summed E-state index contributed by atoms with van der Waals surface area (Å²) in [6.45, 7) is 0.512. The van der Waals surface area contributed by atoms with Gasteiger partial charge in [-0.05, 0) is 21.5 Å². The standard InChI is InChI=1S/C12H13BrN4O2/c1-17-10(15-16-11(17)13)7-14-12(18)19-8-9-5-3-2-4-6-9/h2-6H,7-8H2,1H3,(H,14,18). The van der Waals surface area contributed by atoms with Crippen molar-refractivity contribution >= 4 is 22.0 Å². The van der Waals surface area contributed by atoms with Gasteiger partial charge in [-0.15, -0.1) is 10.2 Å². The lowest BCUT2D eigenvalue weighted by molar-refractivity contribution is 0.139. The second kappa shape index (κ2) is 6.33. The van der Waals surface area contributed by atoms with E-state index in [0.717, 1.165) is 5.56 Å². The van der Waals surface area contributed by atoms with Gasteiger partial charge in [0.25, 0.3) is 0 Å². The number of hydrogen-bond donors (Lipinski definition) is 1. The fourth-order valence-electron chi connectivity index (χ4n) is 1.42. The van der Waals surface area contributed by atoms with E-state index >= 15 is 0 Å². The number of amides is 1. The number of nitrogens with zero attached hydrogens (tertiary/aromatic N) is 3. The molecule has 2 aromatic rings. The molecule has 0 saturated carbocycles. The van der Waals surface area contributed by atoms with E-state index in [-0.39, 0.29) is 13.2 Å². The Morgan fingerprint density at radius 3 is 2.74 bits per heavy atom. The smallest absolute Gasteiger partial charge is 0.407 e. The van der Waals surface area contributed by atoms with E-state index in [1.54, 1.807) is 11.6 Å². The molecule has 1 amide bonds. The highest BCUT2D eigenvalue weighted by molar-refractivity contribution is 9.10. The Morgan fingerprint density at radius 1 is 1.37 bits per heavy atom. The fraction of sp³-hybridized carbons (Fsp3) is 0.250. The van der Waals surface area contributed by atoms with E-state index in [1.807, 2.05) is 30.3 Å². The summed E-state index contributed by atoms with van der Waals surface area (Å²) < 4.78 is 7.42. The van der Waals surface area contributed by atoms with Crippen molar-refractivity contribution in [2.24, 2.45) is 7.05 Å². The minimum absolute atomic E-state index is 0.245. The van der Waals surface area contributed by atoms with Gasteiger partial charge in [0, 0.05) is 7.05 Å². The third kappa shape index (κ3) is 3.78. The van der Waals surface area contributed by atoms with Crippen LogP contribution in [0.4, 0.5) is 4.79 Å². The zero-order chi connectivity index (χ0) is 13.7. The van der Waals surface area contributed by atoms with E-state index in [1.165, 1.54) is 0 Å². The van der Waals surface area contributed by atoms with Gasteiger partial charge in [0.05, 0.1) is 6.54 Å². The van der Waals surface area contributed by atoms with Crippen LogP contribution in [0.5, 0.6) is 0 Å². The number of ether oxygens (including phenoxy) is 1. The Kier molecular flexibility index (Phi) is 4.51. The predicted molar refractivity (Wildman–Crippen MR) is 72.2 cm³/mol. The molecule has 0 bridgehead atoms. The second-order valence-electron chi connectivity index (χ2n) is 3.86. The molecule has 0 fully saturated rings. The first-order valence-electron chi connectivity index (χ1n) is 5.65. The highest BCUT2D eigenvalue weighted by Gasteiger charge is 2.08. The van der Waals surface area contributed by atoms with Crippen molar-refractivity contribution in [3.8, 4) is 0 Å². The fourth-order valence-corrected chi connectivity index (χ4v) is 1.70. The molecule has 2 rings (SSSR count). The Balaban J connectivity index is 1.78. The van der Waals surface area contributed by atoms with Crippen LogP contribution >= 0.6 is 15.9 Å². The first kappa shape index (κ1) is 13.5. The Morgan fingerprint density at radius 2 is 2.11 bits per heavy atom. The van der Waals surface area contributed by atoms with Crippen LogP contribution in [0, 0.1) is 0 Å². The molecule has 0 saturated heterocycles. The maximum Gasteiger partial charge on any atom is 0.407 e. The van der Waals surface area contributed by atoms with Crippen LogP contribution in [0.3, 0.4) is 0 Å². The van der Waals surface area contributed by atoms with Crippen molar-refractivity contribution in [3.05, 3.63) is 46.5 Å². The van der Waals surface area contributed by atoms with Gasteiger partial charge in [0.1, 0.15) is 6.61 Å². The minimum atomic E-state index is -0.483. The summed E-state index contributed by atoms with van der Waals surface area (Å²) >= 11 is 3.23. The van der Waals surface area contributed by atoms with Gasteiger partial charge in [-0.3, -0.25) is 0 Å². The monoisotopic (exact) mass is 324 g/mol. The second-order valence-corrected chi connectivity index (χ2v) is 4.57. The van der Waals surface area contributed by atoms with Gasteiger partial charge in [-0.25, -0.2) is 4.79 Å². The molecule has 0 spiro atoms. The van der Waals surface area contributed by atoms with Gasteiger partial charge in [0.15, 0.2) is 10.6 Å². The van der Waals surface area contributed by atoms with E-state index in [9.17, 15) is 4.79 Å². The maximum absolute atomic E-state index is 11.5. The number of benzene rings is 1. The molecule has 1 aromatic heterocycles. The zero-order valence-electron chi connectivity index (χ0n) is 10.3. The molecule has 1 N–H and O–H groups in total. The molecule has 0 aliphatic carbocycles. The Bertz CT molecular complexity index is 556. The molecule has 0 aliphatic heterocycles. The van der Waals surface area contributed by atoms with Gasteiger partial charge in [0.2, 0.25) is 0 Å². The highest BCUT2D eigenvalue weighted by atomic mass is 79.9. The third-order valence-corrected chi connectivity index (χ3v) is 3.21. The topological polar surface area (TPSA) is 69.0 Å². The molecule has 1 heterocycles. The average Bonchev–Trinajstić information content (AvgIpc) is 2.75. The summed E-state index contributed by atoms with van der Waals surface area (Å²) in [5.74, 6) is 0.642. The summed E-state index contributed by atoms with van der Waals surface area (Å²) in [6, 6.07) is 9.50. The van der Waals surface area contributed by atoms with Gasteiger partial charge in [-0.1, -0.05) is 30.3 Å². The van der Waals surface area contributed by atoms with Gasteiger partial charge in [-0.2, -0.15) is 0 Å². The summed E-state index contributed by atoms with van der Waals surface area (Å²) in [4.78, 5) is 11.5. The maximum atomic E-state index is 11.5. The average molecular weight is 325 g/mol. The quantitative estimate of drug-likeness (QED) is 0.934. The normalized spacial score (nSPS) is 10.2. The van der Waals surface area contributed by atoms with E-state index in [0.29, 0.717) is 10.6 Å². The van der Waals surface area contributed by atoms with Gasteiger partial charge < -0.3 is 14.6 Å². The van der Waals surface area contributed by atoms with Crippen LogP contribution in [-0.2, 0) is 24.9 Å². The molecule has 6 nitrogen and oxygen atoms in total. The number of halogens is 1. The number of hydrogen-bond acceptors (Lipinski definition) is 4. The third-order valence-electron chi connectivity index (χ3n) is 2.52. The summed E-state index contributed by atoms with van der Waals surface area (Å²) in [5.41, 5.74) is 0.944. The summed E-state index contributed by atoms with van der Waals surface area (Å²) in [6.07, 6.45) is -0.483. The van der Waals surface area contributed by atoms with Crippen molar-refractivity contribution in [1.29, 1.82) is 0 Å². The van der Waals surface area contributed by atoms with Crippen LogP contribution in [-0.4, -0.2) is 20.9 Å². The molecular weight excluding hydrogens is 312 g/mol. The molecular formula is C12H13BrN4O2. The minimum Gasteiger partial charge on any atom is -0.445 e. The molecule has 7 heteroatoms. The van der Waals surface area contributed by atoms with Crippen molar-refractivity contribution in [1.82, 2.24) is 20.1 Å². The number of carbonyl (C=O) groups excluding carboxylic acids is 1. The highest BCUT2D eigenvalue weighted by Crippen LogP contribution is 2.06. The van der Waals surface area contributed by atoms with E-state index < -0.39 is 6.09 Å². The van der Waals surface area contributed by atoms with Crippen molar-refractivity contribution in [2.45, 2.75) is 13.2 Å². The van der Waals surface area contributed by atoms with Crippen LogP contribution in [0.15, 0.2) is 35.1 Å². The number of alkyl carbamates (subject to hydrolysis) is 1. The predicted octanol–water partition coefficient (Wildman–Crippen LogP) is 2.00. The number of rotatable bonds is 4.